The summed E-state index contributed by atoms with van der Waals surface area (Å²) in [6.07, 6.45) is 1.80. The van der Waals surface area contributed by atoms with Gasteiger partial charge >= 0.3 is 0 Å². The van der Waals surface area contributed by atoms with Crippen molar-refractivity contribution in [1.29, 1.82) is 0 Å². The fourth-order valence-corrected chi connectivity index (χ4v) is 1.70. The molecule has 0 aromatic heterocycles. The second-order valence-electron chi connectivity index (χ2n) is 5.13. The molecule has 0 aliphatic rings. The van der Waals surface area contributed by atoms with Crippen molar-refractivity contribution in [2.45, 2.75) is 20.4 Å². The number of nitrogens with one attached hydrogen (secondary N) is 1. The van der Waals surface area contributed by atoms with Crippen LogP contribution in [0.1, 0.15) is 19.4 Å². The zero-order valence-corrected chi connectivity index (χ0v) is 11.9. The predicted octanol–water partition coefficient (Wildman–Crippen LogP) is 3.57. The number of benzene rings is 1. The molecular weight excluding hydrogens is 246 g/mol. The average molecular weight is 268 g/mol. The molecule has 0 saturated carbocycles. The van der Waals surface area contributed by atoms with Gasteiger partial charge < -0.3 is 10.1 Å². The minimum Gasteiger partial charge on any atom is -0.377 e. The van der Waals surface area contributed by atoms with Gasteiger partial charge in [-0.15, -0.1) is 0 Å². The Labute approximate surface area is 115 Å². The molecule has 0 fully saturated rings. The lowest BCUT2D eigenvalue weighted by Crippen LogP contribution is -2.33. The molecule has 0 saturated heterocycles. The molecule has 0 unspecified atom stereocenters. The first-order valence-corrected chi connectivity index (χ1v) is 6.65. The molecule has 0 aliphatic carbocycles. The molecule has 1 aromatic rings. The van der Waals surface area contributed by atoms with Crippen LogP contribution in [0.5, 0.6) is 0 Å². The molecule has 0 aliphatic heterocycles. The molecule has 0 heterocycles. The Morgan fingerprint density at radius 1 is 1.28 bits per heavy atom. The molecule has 3 heteroatoms. The third-order valence-electron chi connectivity index (χ3n) is 2.57. The van der Waals surface area contributed by atoms with Crippen LogP contribution in [0.3, 0.4) is 0 Å². The summed E-state index contributed by atoms with van der Waals surface area (Å²) < 4.78 is 5.53. The molecule has 2 nitrogen and oxygen atoms in total. The van der Waals surface area contributed by atoms with Crippen LogP contribution in [0.4, 0.5) is 0 Å². The van der Waals surface area contributed by atoms with E-state index in [0.717, 1.165) is 19.7 Å². The van der Waals surface area contributed by atoms with Crippen LogP contribution in [-0.4, -0.2) is 19.8 Å². The minimum atomic E-state index is 0.120. The Kier molecular flexibility index (Phi) is 7.02. The van der Waals surface area contributed by atoms with Crippen molar-refractivity contribution < 1.29 is 4.74 Å². The lowest BCUT2D eigenvalue weighted by atomic mass is 9.95. The van der Waals surface area contributed by atoms with E-state index in [4.69, 9.17) is 16.3 Å². The van der Waals surface area contributed by atoms with Gasteiger partial charge in [0.15, 0.2) is 0 Å². The van der Waals surface area contributed by atoms with Gasteiger partial charge in [0.05, 0.1) is 13.2 Å². The second kappa shape index (κ2) is 8.30. The molecule has 0 bridgehead atoms. The third kappa shape index (κ3) is 6.80. The SMILES string of the molecule is CC(C)(CNCc1ccccc1)COC/C=C/Cl. The molecule has 100 valence electrons. The smallest absolute Gasteiger partial charge is 0.0659 e. The first kappa shape index (κ1) is 15.2. The van der Waals surface area contributed by atoms with Crippen molar-refractivity contribution in [2.24, 2.45) is 5.41 Å². The summed E-state index contributed by atoms with van der Waals surface area (Å²) in [5, 5.41) is 3.46. The summed E-state index contributed by atoms with van der Waals surface area (Å²) in [5.41, 5.74) is 2.91. The molecular formula is C15H22ClNO. The van der Waals surface area contributed by atoms with Crippen molar-refractivity contribution in [1.82, 2.24) is 5.32 Å². The largest absolute Gasteiger partial charge is 0.377 e. The van der Waals surface area contributed by atoms with Crippen molar-refractivity contribution >= 4 is 11.6 Å². The van der Waals surface area contributed by atoms with E-state index in [1.54, 1.807) is 6.08 Å². The van der Waals surface area contributed by atoms with Crippen LogP contribution < -0.4 is 5.32 Å². The molecule has 0 radical (unpaired) electrons. The van der Waals surface area contributed by atoms with Gasteiger partial charge in [0, 0.05) is 24.0 Å². The van der Waals surface area contributed by atoms with E-state index in [1.165, 1.54) is 11.1 Å². The molecule has 0 spiro atoms. The van der Waals surface area contributed by atoms with Gasteiger partial charge in [0.1, 0.15) is 0 Å². The van der Waals surface area contributed by atoms with Gasteiger partial charge in [-0.3, -0.25) is 0 Å². The highest BCUT2D eigenvalue weighted by molar-refractivity contribution is 6.25. The number of hydrogen-bond acceptors (Lipinski definition) is 2. The molecule has 1 aromatic carbocycles. The van der Waals surface area contributed by atoms with Crippen LogP contribution in [0.15, 0.2) is 41.9 Å². The maximum absolute atomic E-state index is 5.53. The number of hydrogen-bond donors (Lipinski definition) is 1. The number of halogens is 1. The van der Waals surface area contributed by atoms with Crippen LogP contribution >= 0.6 is 11.6 Å². The monoisotopic (exact) mass is 267 g/mol. The van der Waals surface area contributed by atoms with Crippen LogP contribution in [0, 0.1) is 5.41 Å². The number of ether oxygens (including phenoxy) is 1. The highest BCUT2D eigenvalue weighted by Gasteiger charge is 2.17. The highest BCUT2D eigenvalue weighted by Crippen LogP contribution is 2.14. The normalized spacial score (nSPS) is 12.2. The van der Waals surface area contributed by atoms with Gasteiger partial charge in [-0.2, -0.15) is 0 Å². The minimum absolute atomic E-state index is 0.120. The first-order chi connectivity index (χ1) is 8.64. The maximum atomic E-state index is 5.53. The highest BCUT2D eigenvalue weighted by atomic mass is 35.5. The van der Waals surface area contributed by atoms with Crippen LogP contribution in [-0.2, 0) is 11.3 Å². The summed E-state index contributed by atoms with van der Waals surface area (Å²) in [7, 11) is 0. The lowest BCUT2D eigenvalue weighted by Gasteiger charge is -2.24. The van der Waals surface area contributed by atoms with Gasteiger partial charge in [0.2, 0.25) is 0 Å². The van der Waals surface area contributed by atoms with Crippen LogP contribution in [0.25, 0.3) is 0 Å². The summed E-state index contributed by atoms with van der Waals surface area (Å²) in [6, 6.07) is 10.4. The van der Waals surface area contributed by atoms with E-state index in [9.17, 15) is 0 Å². The van der Waals surface area contributed by atoms with E-state index in [0.29, 0.717) is 6.61 Å². The van der Waals surface area contributed by atoms with E-state index in [-0.39, 0.29) is 5.41 Å². The fourth-order valence-electron chi connectivity index (χ4n) is 1.63. The first-order valence-electron chi connectivity index (χ1n) is 6.22. The van der Waals surface area contributed by atoms with Crippen molar-refractivity contribution in [3.05, 3.63) is 47.5 Å². The fraction of sp³-hybridized carbons (Fsp3) is 0.467. The Bertz CT molecular complexity index is 349. The zero-order valence-electron chi connectivity index (χ0n) is 11.2. The van der Waals surface area contributed by atoms with Crippen molar-refractivity contribution in [3.63, 3.8) is 0 Å². The predicted molar refractivity (Wildman–Crippen MR) is 77.7 cm³/mol. The molecule has 0 amide bonds. The second-order valence-corrected chi connectivity index (χ2v) is 5.38. The summed E-state index contributed by atoms with van der Waals surface area (Å²) in [5.74, 6) is 0. The van der Waals surface area contributed by atoms with E-state index >= 15 is 0 Å². The summed E-state index contributed by atoms with van der Waals surface area (Å²) in [6.45, 7) is 7.49. The number of rotatable bonds is 8. The molecule has 0 atom stereocenters. The Hall–Kier alpha value is -0.830. The van der Waals surface area contributed by atoms with Gasteiger partial charge in [0.25, 0.3) is 0 Å². The topological polar surface area (TPSA) is 21.3 Å². The average Bonchev–Trinajstić information content (AvgIpc) is 2.36. The lowest BCUT2D eigenvalue weighted by molar-refractivity contribution is 0.0801. The third-order valence-corrected chi connectivity index (χ3v) is 2.75. The Balaban J connectivity index is 2.20. The molecule has 1 N–H and O–H groups in total. The van der Waals surface area contributed by atoms with Gasteiger partial charge in [-0.25, -0.2) is 0 Å². The Morgan fingerprint density at radius 3 is 2.67 bits per heavy atom. The van der Waals surface area contributed by atoms with Crippen molar-refractivity contribution in [2.75, 3.05) is 19.8 Å². The maximum Gasteiger partial charge on any atom is 0.0659 e. The van der Waals surface area contributed by atoms with E-state index in [2.05, 4.69) is 43.4 Å². The van der Waals surface area contributed by atoms with Gasteiger partial charge in [-0.1, -0.05) is 55.8 Å². The summed E-state index contributed by atoms with van der Waals surface area (Å²) >= 11 is 5.43. The quantitative estimate of drug-likeness (QED) is 0.727. The standard InChI is InChI=1S/C15H22ClNO/c1-15(2,13-18-10-6-9-16)12-17-11-14-7-4-3-5-8-14/h3-9,17H,10-13H2,1-2H3/b9-6+. The van der Waals surface area contributed by atoms with Crippen LogP contribution in [0.2, 0.25) is 0 Å². The zero-order chi connectivity index (χ0) is 13.3. The molecule has 18 heavy (non-hydrogen) atoms. The summed E-state index contributed by atoms with van der Waals surface area (Å²) in [4.78, 5) is 0. The Morgan fingerprint density at radius 2 is 2.00 bits per heavy atom. The van der Waals surface area contributed by atoms with E-state index in [1.807, 2.05) is 6.07 Å². The molecule has 1 rings (SSSR count). The van der Waals surface area contributed by atoms with Crippen molar-refractivity contribution in [3.8, 4) is 0 Å². The van der Waals surface area contributed by atoms with E-state index < -0.39 is 0 Å². The van der Waals surface area contributed by atoms with Gasteiger partial charge in [-0.05, 0) is 11.6 Å².